The minimum atomic E-state index is 0.950. The third kappa shape index (κ3) is 1.73. The van der Waals surface area contributed by atoms with E-state index in [1.807, 2.05) is 11.8 Å². The van der Waals surface area contributed by atoms with Crippen LogP contribution in [0.15, 0.2) is 10.7 Å². The second kappa shape index (κ2) is 3.53. The molecule has 0 aromatic rings. The Hall–Kier alpha value is -0.110. The number of rotatable bonds is 0. The molecule has 0 saturated carbocycles. The third-order valence-corrected chi connectivity index (χ3v) is 3.48. The Balaban J connectivity index is 2.10. The van der Waals surface area contributed by atoms with Crippen LogP contribution in [0, 0.1) is 0 Å². The number of thioether (sulfide) groups is 1. The highest BCUT2D eigenvalue weighted by molar-refractivity contribution is 8.03. The Labute approximate surface area is 72.2 Å². The number of ether oxygens (including phenoxy) is 1. The van der Waals surface area contributed by atoms with Gasteiger partial charge >= 0.3 is 0 Å². The molecule has 0 amide bonds. The van der Waals surface area contributed by atoms with E-state index < -0.39 is 0 Å². The predicted octanol–water partition coefficient (Wildman–Crippen LogP) is 2.93. The van der Waals surface area contributed by atoms with Gasteiger partial charge in [0.15, 0.2) is 0 Å². The normalized spacial score (nSPS) is 25.5. The lowest BCUT2D eigenvalue weighted by molar-refractivity contribution is 0.197. The van der Waals surface area contributed by atoms with Gasteiger partial charge in [-0.05, 0) is 25.7 Å². The fourth-order valence-electron chi connectivity index (χ4n) is 1.60. The van der Waals surface area contributed by atoms with Crippen molar-refractivity contribution in [2.24, 2.45) is 0 Å². The lowest BCUT2D eigenvalue weighted by Gasteiger charge is -2.16. The van der Waals surface area contributed by atoms with Crippen molar-refractivity contribution < 1.29 is 4.74 Å². The molecule has 0 aromatic heterocycles. The highest BCUT2D eigenvalue weighted by atomic mass is 32.2. The second-order valence-electron chi connectivity index (χ2n) is 3.10. The molecule has 0 unspecified atom stereocenters. The molecule has 2 aliphatic rings. The summed E-state index contributed by atoms with van der Waals surface area (Å²) in [6.07, 6.45) is 6.40. The van der Waals surface area contributed by atoms with Crippen LogP contribution in [-0.2, 0) is 4.74 Å². The molecule has 0 atom stereocenters. The molecular formula is C9H14OS. The van der Waals surface area contributed by atoms with E-state index in [2.05, 4.69) is 0 Å². The number of hydrogen-bond donors (Lipinski definition) is 0. The molecule has 2 rings (SSSR count). The van der Waals surface area contributed by atoms with Crippen LogP contribution >= 0.6 is 11.8 Å². The lowest BCUT2D eigenvalue weighted by atomic mass is 10.1. The Morgan fingerprint density at radius 2 is 2.00 bits per heavy atom. The highest BCUT2D eigenvalue weighted by Gasteiger charge is 2.16. The van der Waals surface area contributed by atoms with Gasteiger partial charge in [0.25, 0.3) is 0 Å². The molecule has 1 aliphatic carbocycles. The lowest BCUT2D eigenvalue weighted by Crippen LogP contribution is -1.99. The summed E-state index contributed by atoms with van der Waals surface area (Å²) < 4.78 is 5.67. The molecule has 1 heterocycles. The van der Waals surface area contributed by atoms with Gasteiger partial charge in [0, 0.05) is 17.1 Å². The van der Waals surface area contributed by atoms with Gasteiger partial charge in [0.1, 0.15) is 5.76 Å². The largest absolute Gasteiger partial charge is 0.497 e. The third-order valence-electron chi connectivity index (χ3n) is 2.21. The van der Waals surface area contributed by atoms with Crippen molar-refractivity contribution in [1.82, 2.24) is 0 Å². The van der Waals surface area contributed by atoms with Gasteiger partial charge in [-0.1, -0.05) is 0 Å². The average molecular weight is 170 g/mol. The van der Waals surface area contributed by atoms with E-state index >= 15 is 0 Å². The van der Waals surface area contributed by atoms with Crippen LogP contribution in [-0.4, -0.2) is 12.4 Å². The zero-order chi connectivity index (χ0) is 7.52. The molecule has 62 valence electrons. The number of hydrogen-bond acceptors (Lipinski definition) is 2. The van der Waals surface area contributed by atoms with Crippen LogP contribution in [0.3, 0.4) is 0 Å². The predicted molar refractivity (Wildman–Crippen MR) is 48.5 cm³/mol. The quantitative estimate of drug-likeness (QED) is 0.553. The zero-order valence-corrected chi connectivity index (χ0v) is 7.58. The summed E-state index contributed by atoms with van der Waals surface area (Å²) in [5, 5.41) is 0. The molecule has 0 aromatic carbocycles. The average Bonchev–Trinajstić information content (AvgIpc) is 2.28. The molecule has 1 aliphatic heterocycles. The fourth-order valence-corrected chi connectivity index (χ4v) is 2.72. The maximum Gasteiger partial charge on any atom is 0.105 e. The van der Waals surface area contributed by atoms with Crippen molar-refractivity contribution in [2.75, 3.05) is 12.4 Å². The Kier molecular flexibility index (Phi) is 2.41. The summed E-state index contributed by atoms with van der Waals surface area (Å²) in [4.78, 5) is 1.55. The van der Waals surface area contributed by atoms with Gasteiger partial charge in [-0.25, -0.2) is 0 Å². The molecule has 0 saturated heterocycles. The molecule has 0 bridgehead atoms. The van der Waals surface area contributed by atoms with Crippen molar-refractivity contribution in [3.63, 3.8) is 0 Å². The maximum absolute atomic E-state index is 5.67. The van der Waals surface area contributed by atoms with Crippen LogP contribution in [0.1, 0.15) is 32.1 Å². The van der Waals surface area contributed by atoms with E-state index in [0.29, 0.717) is 0 Å². The fraction of sp³-hybridized carbons (Fsp3) is 0.778. The first kappa shape index (κ1) is 7.53. The summed E-state index contributed by atoms with van der Waals surface area (Å²) in [5.41, 5.74) is 0. The minimum Gasteiger partial charge on any atom is -0.497 e. The number of allylic oxidation sites excluding steroid dienone is 2. The van der Waals surface area contributed by atoms with Gasteiger partial charge in [0.2, 0.25) is 0 Å². The zero-order valence-electron chi connectivity index (χ0n) is 6.77. The Morgan fingerprint density at radius 1 is 1.09 bits per heavy atom. The summed E-state index contributed by atoms with van der Waals surface area (Å²) in [5.74, 6) is 2.58. The van der Waals surface area contributed by atoms with Crippen LogP contribution in [0.2, 0.25) is 0 Å². The topological polar surface area (TPSA) is 9.23 Å². The van der Waals surface area contributed by atoms with Crippen molar-refractivity contribution in [3.8, 4) is 0 Å². The first-order chi connectivity index (χ1) is 5.47. The van der Waals surface area contributed by atoms with E-state index in [9.17, 15) is 0 Å². The van der Waals surface area contributed by atoms with Gasteiger partial charge in [-0.2, -0.15) is 0 Å². The van der Waals surface area contributed by atoms with Gasteiger partial charge in [-0.15, -0.1) is 11.8 Å². The van der Waals surface area contributed by atoms with E-state index in [1.165, 1.54) is 43.6 Å². The van der Waals surface area contributed by atoms with Gasteiger partial charge < -0.3 is 4.74 Å². The smallest absolute Gasteiger partial charge is 0.105 e. The first-order valence-electron chi connectivity index (χ1n) is 4.44. The Bertz CT molecular complexity index is 156. The summed E-state index contributed by atoms with van der Waals surface area (Å²) in [7, 11) is 0. The SMILES string of the molecule is C1COC2=C(CCCC2)SC1. The van der Waals surface area contributed by atoms with E-state index in [-0.39, 0.29) is 0 Å². The molecular weight excluding hydrogens is 156 g/mol. The molecule has 1 nitrogen and oxygen atoms in total. The standard InChI is InChI=1S/C9H14OS/c1-2-5-9-8(4-1)10-6-3-7-11-9/h1-7H2. The summed E-state index contributed by atoms with van der Waals surface area (Å²) in [6, 6.07) is 0. The monoisotopic (exact) mass is 170 g/mol. The molecule has 0 N–H and O–H groups in total. The van der Waals surface area contributed by atoms with Crippen LogP contribution in [0.25, 0.3) is 0 Å². The van der Waals surface area contributed by atoms with E-state index in [0.717, 1.165) is 6.61 Å². The van der Waals surface area contributed by atoms with Gasteiger partial charge in [-0.3, -0.25) is 0 Å². The van der Waals surface area contributed by atoms with Crippen molar-refractivity contribution in [2.45, 2.75) is 32.1 Å². The maximum atomic E-state index is 5.67. The van der Waals surface area contributed by atoms with E-state index in [4.69, 9.17) is 4.74 Å². The Morgan fingerprint density at radius 3 is 3.00 bits per heavy atom. The highest BCUT2D eigenvalue weighted by Crippen LogP contribution is 2.35. The van der Waals surface area contributed by atoms with Crippen LogP contribution in [0.4, 0.5) is 0 Å². The van der Waals surface area contributed by atoms with E-state index in [1.54, 1.807) is 4.91 Å². The molecule has 2 heteroatoms. The molecule has 0 spiro atoms. The van der Waals surface area contributed by atoms with Crippen LogP contribution < -0.4 is 0 Å². The molecule has 0 fully saturated rings. The van der Waals surface area contributed by atoms with Crippen LogP contribution in [0.5, 0.6) is 0 Å². The van der Waals surface area contributed by atoms with Crippen molar-refractivity contribution in [3.05, 3.63) is 10.7 Å². The summed E-state index contributed by atoms with van der Waals surface area (Å²) >= 11 is 2.02. The first-order valence-corrected chi connectivity index (χ1v) is 5.43. The minimum absolute atomic E-state index is 0.950. The van der Waals surface area contributed by atoms with Crippen molar-refractivity contribution in [1.29, 1.82) is 0 Å². The molecule has 0 radical (unpaired) electrons. The van der Waals surface area contributed by atoms with Gasteiger partial charge in [0.05, 0.1) is 6.61 Å². The summed E-state index contributed by atoms with van der Waals surface area (Å²) in [6.45, 7) is 0.950. The molecule has 11 heavy (non-hydrogen) atoms. The second-order valence-corrected chi connectivity index (χ2v) is 4.29. The van der Waals surface area contributed by atoms with Crippen molar-refractivity contribution >= 4 is 11.8 Å².